The third kappa shape index (κ3) is 7.05. The molecule has 0 radical (unpaired) electrons. The highest BCUT2D eigenvalue weighted by Crippen LogP contribution is 2.46. The van der Waals surface area contributed by atoms with E-state index in [0.717, 1.165) is 41.8 Å². The highest BCUT2D eigenvalue weighted by Gasteiger charge is 2.34. The molecule has 1 fully saturated rings. The Balaban J connectivity index is 1.40. The van der Waals surface area contributed by atoms with Crippen molar-refractivity contribution in [3.05, 3.63) is 40.2 Å². The molecule has 0 spiro atoms. The number of benzene rings is 1. The van der Waals surface area contributed by atoms with Gasteiger partial charge in [-0.15, -0.1) is 0 Å². The third-order valence-electron chi connectivity index (χ3n) is 8.18. The molecular formula is C32H44ClN7O5S. The van der Waals surface area contributed by atoms with E-state index < -0.39 is 20.7 Å². The molecule has 5 rings (SSSR count). The quantitative estimate of drug-likeness (QED) is 0.263. The number of rotatable bonds is 8. The number of fused-ring (bicyclic) bond motifs is 1. The normalized spacial score (nSPS) is 17.2. The predicted octanol–water partition coefficient (Wildman–Crippen LogP) is 6.76. The number of carbonyl (C=O) groups is 1. The monoisotopic (exact) mass is 673 g/mol. The van der Waals surface area contributed by atoms with Crippen molar-refractivity contribution < 1.29 is 22.7 Å². The molecule has 0 bridgehead atoms. The fourth-order valence-corrected chi connectivity index (χ4v) is 7.15. The maximum absolute atomic E-state index is 13.0. The summed E-state index contributed by atoms with van der Waals surface area (Å²) >= 11 is 6.48. The van der Waals surface area contributed by atoms with Crippen molar-refractivity contribution in [1.82, 2.24) is 24.6 Å². The number of nitrogens with one attached hydrogen (secondary N) is 2. The Bertz CT molecular complexity index is 1730. The summed E-state index contributed by atoms with van der Waals surface area (Å²) in [5.74, 6) is 1.57. The molecule has 0 unspecified atom stereocenters. The van der Waals surface area contributed by atoms with Crippen LogP contribution in [0.5, 0.6) is 5.75 Å². The lowest BCUT2D eigenvalue weighted by atomic mass is 9.82. The number of halogens is 1. The summed E-state index contributed by atoms with van der Waals surface area (Å²) in [4.78, 5) is 23.4. The van der Waals surface area contributed by atoms with E-state index in [4.69, 9.17) is 21.1 Å². The van der Waals surface area contributed by atoms with E-state index in [9.17, 15) is 13.2 Å². The van der Waals surface area contributed by atoms with E-state index in [1.54, 1.807) is 29.6 Å². The maximum Gasteiger partial charge on any atom is 0.410 e. The first-order valence-corrected chi connectivity index (χ1v) is 17.7. The molecule has 250 valence electrons. The fraction of sp³-hybridized carbons (Fsp3) is 0.562. The van der Waals surface area contributed by atoms with Crippen LogP contribution in [0.2, 0.25) is 5.02 Å². The topological polar surface area (TPSA) is 141 Å². The Kier molecular flexibility index (Phi) is 9.47. The van der Waals surface area contributed by atoms with Gasteiger partial charge in [0.25, 0.3) is 0 Å². The number of anilines is 4. The van der Waals surface area contributed by atoms with Gasteiger partial charge in [0, 0.05) is 37.8 Å². The Morgan fingerprint density at radius 3 is 2.52 bits per heavy atom. The average Bonchev–Trinajstić information content (AvgIpc) is 3.57. The van der Waals surface area contributed by atoms with Crippen LogP contribution in [0.4, 0.5) is 27.9 Å². The van der Waals surface area contributed by atoms with Crippen LogP contribution in [0.15, 0.2) is 23.5 Å². The molecule has 2 N–H and O–H groups in total. The minimum atomic E-state index is -3.67. The predicted molar refractivity (Wildman–Crippen MR) is 179 cm³/mol. The van der Waals surface area contributed by atoms with Crippen molar-refractivity contribution in [2.24, 2.45) is 0 Å². The number of sulfone groups is 1. The van der Waals surface area contributed by atoms with Crippen molar-refractivity contribution in [2.75, 3.05) is 23.7 Å². The van der Waals surface area contributed by atoms with Crippen molar-refractivity contribution in [3.63, 3.8) is 0 Å². The smallest absolute Gasteiger partial charge is 0.410 e. The molecule has 14 heteroatoms. The van der Waals surface area contributed by atoms with Crippen molar-refractivity contribution in [2.45, 2.75) is 109 Å². The van der Waals surface area contributed by atoms with Gasteiger partial charge >= 0.3 is 6.09 Å². The summed E-state index contributed by atoms with van der Waals surface area (Å²) in [5.41, 5.74) is 4.06. The van der Waals surface area contributed by atoms with Crippen LogP contribution < -0.4 is 15.4 Å². The minimum Gasteiger partial charge on any atom is -0.488 e. The number of carbonyl (C=O) groups excluding carboxylic acids is 1. The molecule has 2 aromatic heterocycles. The fourth-order valence-electron chi connectivity index (χ4n) is 5.94. The summed E-state index contributed by atoms with van der Waals surface area (Å²) in [6.07, 6.45) is 5.27. The number of aryl methyl sites for hydroxylation is 2. The number of aromatic nitrogens is 4. The van der Waals surface area contributed by atoms with Crippen LogP contribution in [-0.4, -0.2) is 69.2 Å². The van der Waals surface area contributed by atoms with Gasteiger partial charge in [-0.05, 0) is 91.3 Å². The zero-order valence-electron chi connectivity index (χ0n) is 27.8. The molecule has 4 heterocycles. The van der Waals surface area contributed by atoms with E-state index in [1.165, 1.54) is 11.8 Å². The van der Waals surface area contributed by atoms with E-state index >= 15 is 0 Å². The lowest BCUT2D eigenvalue weighted by Crippen LogP contribution is -2.41. The number of nitrogens with zero attached hydrogens (tertiary/aromatic N) is 5. The van der Waals surface area contributed by atoms with Crippen molar-refractivity contribution in [3.8, 4) is 5.75 Å². The lowest BCUT2D eigenvalue weighted by Gasteiger charge is -2.34. The highest BCUT2D eigenvalue weighted by molar-refractivity contribution is 7.92. The van der Waals surface area contributed by atoms with Crippen LogP contribution >= 0.6 is 11.6 Å². The minimum absolute atomic E-state index is 0.00209. The first kappa shape index (κ1) is 33.8. The van der Waals surface area contributed by atoms with Crippen LogP contribution in [0.1, 0.15) is 83.9 Å². The Labute approximate surface area is 276 Å². The molecule has 1 aromatic carbocycles. The van der Waals surface area contributed by atoms with Gasteiger partial charge in [0.05, 0.1) is 22.8 Å². The Morgan fingerprint density at radius 1 is 1.20 bits per heavy atom. The van der Waals surface area contributed by atoms with Gasteiger partial charge in [0.2, 0.25) is 20.8 Å². The van der Waals surface area contributed by atoms with Gasteiger partial charge in [-0.1, -0.05) is 11.6 Å². The van der Waals surface area contributed by atoms with Gasteiger partial charge in [-0.25, -0.2) is 18.2 Å². The molecule has 3 aromatic rings. The lowest BCUT2D eigenvalue weighted by molar-refractivity contribution is 0.0204. The highest BCUT2D eigenvalue weighted by atomic mass is 35.5. The van der Waals surface area contributed by atoms with E-state index in [-0.39, 0.29) is 39.7 Å². The summed E-state index contributed by atoms with van der Waals surface area (Å²) in [5, 5.41) is 10.2. The SMILES string of the molecule is CCn1cc(Nc2nc(Nc3cc(C)c(C4CCN(C(=O)OC(C)(C)C)CC4)c4c3O[C@H](C)C4)ncc2Cl)c(S(=O)(=O)C(C)C)n1. The van der Waals surface area contributed by atoms with Gasteiger partial charge < -0.3 is 25.0 Å². The van der Waals surface area contributed by atoms with E-state index in [1.807, 2.05) is 34.6 Å². The second-order valence-electron chi connectivity index (χ2n) is 13.3. The summed E-state index contributed by atoms with van der Waals surface area (Å²) < 4.78 is 39.6. The first-order valence-electron chi connectivity index (χ1n) is 15.8. The van der Waals surface area contributed by atoms with Gasteiger partial charge in [0.15, 0.2) is 5.82 Å². The summed E-state index contributed by atoms with van der Waals surface area (Å²) in [6.45, 7) is 16.7. The molecule has 1 atom stereocenters. The van der Waals surface area contributed by atoms with Crippen LogP contribution in [0.25, 0.3) is 0 Å². The standard InChI is InChI=1S/C32H44ClN7O5S/c1-9-40-17-25(29(38-40)46(42,43)18(2)3)35-28-23(33)16-34-30(37-28)36-24-14-19(4)26(22-15-20(5)44-27(22)24)21-10-12-39(13-11-21)31(41)45-32(6,7)8/h14,16-18,20-21H,9-13,15H2,1-8H3,(H2,34,35,36,37)/t20-/m1/s1. The third-order valence-corrected chi connectivity index (χ3v) is 10.5. The average molecular weight is 674 g/mol. The Morgan fingerprint density at radius 2 is 1.89 bits per heavy atom. The molecule has 0 aliphatic carbocycles. The largest absolute Gasteiger partial charge is 0.488 e. The molecule has 2 aliphatic rings. The molecule has 12 nitrogen and oxygen atoms in total. The zero-order chi connectivity index (χ0) is 33.6. The number of likely N-dealkylation sites (tertiary alicyclic amines) is 1. The zero-order valence-corrected chi connectivity index (χ0v) is 29.3. The van der Waals surface area contributed by atoms with Crippen LogP contribution in [-0.2, 0) is 27.5 Å². The number of hydrogen-bond donors (Lipinski definition) is 2. The second-order valence-corrected chi connectivity index (χ2v) is 16.1. The molecule has 1 saturated heterocycles. The molecule has 2 aliphatic heterocycles. The van der Waals surface area contributed by atoms with Crippen molar-refractivity contribution in [1.29, 1.82) is 0 Å². The first-order chi connectivity index (χ1) is 21.6. The second kappa shape index (κ2) is 12.9. The maximum atomic E-state index is 13.0. The molecule has 46 heavy (non-hydrogen) atoms. The van der Waals surface area contributed by atoms with Gasteiger partial charge in [0.1, 0.15) is 22.5 Å². The Hall–Kier alpha value is -3.58. The van der Waals surface area contributed by atoms with Crippen molar-refractivity contribution >= 4 is 50.7 Å². The molecule has 0 saturated carbocycles. The molecular weight excluding hydrogens is 630 g/mol. The summed E-state index contributed by atoms with van der Waals surface area (Å²) in [7, 11) is -3.67. The number of piperidine rings is 1. The van der Waals surface area contributed by atoms with Crippen LogP contribution in [0.3, 0.4) is 0 Å². The van der Waals surface area contributed by atoms with E-state index in [0.29, 0.717) is 25.6 Å². The van der Waals surface area contributed by atoms with Gasteiger partial charge in [-0.2, -0.15) is 10.1 Å². The number of hydrogen-bond acceptors (Lipinski definition) is 10. The molecule has 1 amide bonds. The number of ether oxygens (including phenoxy) is 2. The summed E-state index contributed by atoms with van der Waals surface area (Å²) in [6, 6.07) is 2.05. The number of amides is 1. The van der Waals surface area contributed by atoms with Crippen LogP contribution in [0, 0.1) is 6.92 Å². The van der Waals surface area contributed by atoms with Gasteiger partial charge in [-0.3, -0.25) is 4.68 Å². The van der Waals surface area contributed by atoms with E-state index in [2.05, 4.69) is 38.7 Å².